The average molecular weight is 427 g/mol. The lowest BCUT2D eigenvalue weighted by atomic mass is 9.96. The van der Waals surface area contributed by atoms with Gasteiger partial charge in [-0.15, -0.1) is 0 Å². The number of carbonyl (C=O) groups is 1. The SMILES string of the molecule is NCC1(F)CN(C(=O)/C=C\N/N=C(\N)c2cc(C(F)(F)F)cc(C(F)(F)F)c2)C1. The van der Waals surface area contributed by atoms with Gasteiger partial charge in [0.25, 0.3) is 0 Å². The predicted molar refractivity (Wildman–Crippen MR) is 88.9 cm³/mol. The van der Waals surface area contributed by atoms with Gasteiger partial charge in [-0.3, -0.25) is 10.2 Å². The van der Waals surface area contributed by atoms with E-state index in [2.05, 4.69) is 10.5 Å². The van der Waals surface area contributed by atoms with Crippen LogP contribution in [0, 0.1) is 0 Å². The number of halogens is 7. The topological polar surface area (TPSA) is 96.7 Å². The van der Waals surface area contributed by atoms with E-state index in [-0.39, 0.29) is 25.7 Å². The smallest absolute Gasteiger partial charge is 0.382 e. The summed E-state index contributed by atoms with van der Waals surface area (Å²) in [6.45, 7) is -0.623. The Morgan fingerprint density at radius 3 is 2.10 bits per heavy atom. The summed E-state index contributed by atoms with van der Waals surface area (Å²) in [6, 6.07) is 0.790. The van der Waals surface area contributed by atoms with Crippen LogP contribution in [0.1, 0.15) is 16.7 Å². The Morgan fingerprint density at radius 1 is 1.14 bits per heavy atom. The lowest BCUT2D eigenvalue weighted by Crippen LogP contribution is -2.63. The number of amidine groups is 1. The van der Waals surface area contributed by atoms with E-state index in [9.17, 15) is 35.5 Å². The number of hydrogen-bond acceptors (Lipinski definition) is 4. The van der Waals surface area contributed by atoms with Crippen LogP contribution in [-0.2, 0) is 17.1 Å². The molecule has 0 bridgehead atoms. The largest absolute Gasteiger partial charge is 0.416 e. The van der Waals surface area contributed by atoms with Gasteiger partial charge in [0.1, 0.15) is 0 Å². The van der Waals surface area contributed by atoms with Crippen molar-refractivity contribution in [3.05, 3.63) is 47.2 Å². The Kier molecular flexibility index (Phi) is 6.11. The molecule has 1 saturated heterocycles. The van der Waals surface area contributed by atoms with Crippen LogP contribution >= 0.6 is 0 Å². The number of rotatable bonds is 5. The average Bonchev–Trinajstić information content (AvgIpc) is 2.60. The molecule has 6 nitrogen and oxygen atoms in total. The van der Waals surface area contributed by atoms with Crippen LogP contribution in [-0.4, -0.2) is 41.9 Å². The Bertz CT molecular complexity index is 794. The summed E-state index contributed by atoms with van der Waals surface area (Å²) in [6.07, 6.45) is -8.15. The van der Waals surface area contributed by atoms with Crippen LogP contribution in [0.25, 0.3) is 0 Å². The van der Waals surface area contributed by atoms with Gasteiger partial charge in [-0.25, -0.2) is 4.39 Å². The van der Waals surface area contributed by atoms with Crippen LogP contribution < -0.4 is 16.9 Å². The molecule has 0 saturated carbocycles. The molecule has 1 aromatic carbocycles. The number of nitrogens with one attached hydrogen (secondary N) is 1. The van der Waals surface area contributed by atoms with Gasteiger partial charge in [0.05, 0.1) is 24.2 Å². The number of amides is 1. The molecule has 1 aliphatic rings. The van der Waals surface area contributed by atoms with Gasteiger partial charge in [0.15, 0.2) is 11.5 Å². The first-order valence-electron chi connectivity index (χ1n) is 7.98. The van der Waals surface area contributed by atoms with Crippen LogP contribution in [0.15, 0.2) is 35.6 Å². The molecule has 1 aromatic rings. The number of likely N-dealkylation sites (tertiary alicyclic amines) is 1. The van der Waals surface area contributed by atoms with Crippen molar-refractivity contribution in [1.29, 1.82) is 0 Å². The van der Waals surface area contributed by atoms with E-state index >= 15 is 0 Å². The van der Waals surface area contributed by atoms with Crippen molar-refractivity contribution < 1.29 is 35.5 Å². The fourth-order valence-electron chi connectivity index (χ4n) is 2.41. The molecule has 1 fully saturated rings. The highest BCUT2D eigenvalue weighted by molar-refractivity contribution is 5.97. The maximum absolute atomic E-state index is 13.6. The minimum Gasteiger partial charge on any atom is -0.382 e. The lowest BCUT2D eigenvalue weighted by Gasteiger charge is -2.43. The standard InChI is InChI=1S/C16H16F7N5O/c17-14(6-24)7-28(8-14)12(29)1-2-26-27-13(25)9-3-10(15(18,19)20)5-11(4-9)16(21,22)23/h1-5,26H,6-8,24H2,(H2,25,27)/b2-1-. The Morgan fingerprint density at radius 2 is 1.66 bits per heavy atom. The van der Waals surface area contributed by atoms with E-state index in [1.807, 2.05) is 0 Å². The summed E-state index contributed by atoms with van der Waals surface area (Å²) in [5.74, 6) is -1.26. The monoisotopic (exact) mass is 427 g/mol. The third-order valence-corrected chi connectivity index (χ3v) is 3.99. The summed E-state index contributed by atoms with van der Waals surface area (Å²) < 4.78 is 90.6. The summed E-state index contributed by atoms with van der Waals surface area (Å²) >= 11 is 0. The molecular formula is C16H16F7N5O. The van der Waals surface area contributed by atoms with Crippen molar-refractivity contribution in [2.75, 3.05) is 19.6 Å². The van der Waals surface area contributed by atoms with E-state index in [1.165, 1.54) is 0 Å². The lowest BCUT2D eigenvalue weighted by molar-refractivity contribution is -0.143. The molecule has 29 heavy (non-hydrogen) atoms. The molecule has 1 aliphatic heterocycles. The highest BCUT2D eigenvalue weighted by Gasteiger charge is 2.44. The number of nitrogens with two attached hydrogens (primary N) is 2. The van der Waals surface area contributed by atoms with Crippen molar-refractivity contribution in [2.24, 2.45) is 16.6 Å². The summed E-state index contributed by atoms with van der Waals surface area (Å²) in [4.78, 5) is 12.9. The zero-order valence-corrected chi connectivity index (χ0v) is 14.6. The number of nitrogens with zero attached hydrogens (tertiary/aromatic N) is 2. The molecule has 0 aromatic heterocycles. The van der Waals surface area contributed by atoms with E-state index in [4.69, 9.17) is 11.5 Å². The van der Waals surface area contributed by atoms with E-state index < -0.39 is 46.5 Å². The third-order valence-electron chi connectivity index (χ3n) is 3.99. The van der Waals surface area contributed by atoms with Crippen LogP contribution in [0.3, 0.4) is 0 Å². The Labute approximate surface area is 160 Å². The highest BCUT2D eigenvalue weighted by Crippen LogP contribution is 2.36. The van der Waals surface area contributed by atoms with Crippen molar-refractivity contribution in [3.63, 3.8) is 0 Å². The van der Waals surface area contributed by atoms with Gasteiger partial charge in [-0.05, 0) is 18.2 Å². The molecule has 2 rings (SSSR count). The van der Waals surface area contributed by atoms with Gasteiger partial charge in [-0.2, -0.15) is 31.4 Å². The molecule has 1 heterocycles. The van der Waals surface area contributed by atoms with Crippen molar-refractivity contribution in [1.82, 2.24) is 10.3 Å². The molecule has 5 N–H and O–H groups in total. The zero-order valence-electron chi connectivity index (χ0n) is 14.6. The molecule has 160 valence electrons. The number of alkyl halides is 7. The molecule has 0 aliphatic carbocycles. The second kappa shape index (κ2) is 7.89. The maximum atomic E-state index is 13.6. The number of carbonyl (C=O) groups excluding carboxylic acids is 1. The molecule has 1 amide bonds. The predicted octanol–water partition coefficient (Wildman–Crippen LogP) is 1.96. The summed E-state index contributed by atoms with van der Waals surface area (Å²) in [7, 11) is 0. The van der Waals surface area contributed by atoms with E-state index in [0.29, 0.717) is 12.1 Å². The fourth-order valence-corrected chi connectivity index (χ4v) is 2.41. The Balaban J connectivity index is 2.10. The third kappa shape index (κ3) is 5.59. The fraction of sp³-hybridized carbons (Fsp3) is 0.375. The molecular weight excluding hydrogens is 411 g/mol. The molecule has 13 heteroatoms. The summed E-state index contributed by atoms with van der Waals surface area (Å²) in [5.41, 5.74) is 7.43. The zero-order chi connectivity index (χ0) is 22.0. The first-order valence-corrected chi connectivity index (χ1v) is 7.98. The van der Waals surface area contributed by atoms with Gasteiger partial charge in [-0.1, -0.05) is 0 Å². The van der Waals surface area contributed by atoms with E-state index in [1.54, 1.807) is 0 Å². The van der Waals surface area contributed by atoms with Crippen molar-refractivity contribution in [3.8, 4) is 0 Å². The normalized spacial score (nSPS) is 17.4. The van der Waals surface area contributed by atoms with Crippen LogP contribution in [0.2, 0.25) is 0 Å². The highest BCUT2D eigenvalue weighted by atomic mass is 19.4. The van der Waals surface area contributed by atoms with Crippen LogP contribution in [0.4, 0.5) is 30.7 Å². The minimum atomic E-state index is -5.03. The number of benzene rings is 1. The molecule has 0 atom stereocenters. The quantitative estimate of drug-likeness (QED) is 0.220. The minimum absolute atomic E-state index is 0.0396. The maximum Gasteiger partial charge on any atom is 0.416 e. The number of hydrogen-bond donors (Lipinski definition) is 3. The molecule has 0 unspecified atom stereocenters. The van der Waals surface area contributed by atoms with Gasteiger partial charge in [0, 0.05) is 24.4 Å². The molecule has 0 spiro atoms. The number of hydrazone groups is 1. The summed E-state index contributed by atoms with van der Waals surface area (Å²) in [5, 5.41) is 3.42. The van der Waals surface area contributed by atoms with Crippen LogP contribution in [0.5, 0.6) is 0 Å². The first-order chi connectivity index (χ1) is 13.2. The van der Waals surface area contributed by atoms with E-state index in [0.717, 1.165) is 17.2 Å². The van der Waals surface area contributed by atoms with Gasteiger partial charge in [0.2, 0.25) is 5.91 Å². The van der Waals surface area contributed by atoms with Crippen molar-refractivity contribution in [2.45, 2.75) is 18.0 Å². The molecule has 0 radical (unpaired) electrons. The van der Waals surface area contributed by atoms with Crippen molar-refractivity contribution >= 4 is 11.7 Å². The second-order valence-corrected chi connectivity index (χ2v) is 6.30. The Hall–Kier alpha value is -2.83. The first kappa shape index (κ1) is 22.5. The second-order valence-electron chi connectivity index (χ2n) is 6.30. The van der Waals surface area contributed by atoms with Gasteiger partial charge < -0.3 is 16.4 Å². The van der Waals surface area contributed by atoms with Gasteiger partial charge >= 0.3 is 12.4 Å².